The Morgan fingerprint density at radius 2 is 2.10 bits per heavy atom. The van der Waals surface area contributed by atoms with Crippen LogP contribution in [0.25, 0.3) is 0 Å². The van der Waals surface area contributed by atoms with Gasteiger partial charge in [0.1, 0.15) is 6.21 Å². The van der Waals surface area contributed by atoms with Crippen LogP contribution >= 0.6 is 0 Å². The summed E-state index contributed by atoms with van der Waals surface area (Å²) in [5.74, 6) is 0. The third-order valence-corrected chi connectivity index (χ3v) is 1.34. The molecule has 0 radical (unpaired) electrons. The van der Waals surface area contributed by atoms with Crippen molar-refractivity contribution in [2.24, 2.45) is 9.98 Å². The van der Waals surface area contributed by atoms with E-state index in [4.69, 9.17) is 0 Å². The second-order valence-electron chi connectivity index (χ2n) is 2.00. The van der Waals surface area contributed by atoms with Crippen LogP contribution in [0.3, 0.4) is 0 Å². The minimum atomic E-state index is 0.942. The highest BCUT2D eigenvalue weighted by Gasteiger charge is 2.08. The lowest BCUT2D eigenvalue weighted by Crippen LogP contribution is -1.86. The summed E-state index contributed by atoms with van der Waals surface area (Å²) in [6.45, 7) is 0. The first-order chi connectivity index (χ1) is 4.97. The second kappa shape index (κ2) is 2.01. The fourth-order valence-electron chi connectivity index (χ4n) is 0.870. The standard InChI is InChI=1S/C8H5N2/c1-2-4-8-7(3-1)5-9-6-10-8/h1-4,6H/q+1. The topological polar surface area (TPSA) is 24.7 Å². The summed E-state index contributed by atoms with van der Waals surface area (Å²) in [7, 11) is 0. The predicted molar refractivity (Wildman–Crippen MR) is 41.1 cm³/mol. The zero-order chi connectivity index (χ0) is 6.81. The minimum Gasteiger partial charge on any atom is -0.136 e. The van der Waals surface area contributed by atoms with E-state index in [2.05, 4.69) is 16.2 Å². The molecular formula is C8H5N2+. The summed E-state index contributed by atoms with van der Waals surface area (Å²) in [5, 5.41) is 0. The Kier molecular flexibility index (Phi) is 1.06. The summed E-state index contributed by atoms with van der Waals surface area (Å²) in [6, 6.07) is 7.77. The van der Waals surface area contributed by atoms with Crippen molar-refractivity contribution in [3.05, 3.63) is 29.8 Å². The molecule has 1 aromatic rings. The fraction of sp³-hybridized carbons (Fsp3) is 0. The Hall–Kier alpha value is -1.53. The maximum absolute atomic E-state index is 4.04. The van der Waals surface area contributed by atoms with Gasteiger partial charge in [-0.15, -0.1) is 4.99 Å². The highest BCUT2D eigenvalue weighted by atomic mass is 14.9. The van der Waals surface area contributed by atoms with Gasteiger partial charge in [0.05, 0.1) is 0 Å². The molecule has 2 rings (SSSR count). The van der Waals surface area contributed by atoms with E-state index in [1.807, 2.05) is 24.3 Å². The smallest absolute Gasteiger partial charge is 0.136 e. The molecule has 10 heavy (non-hydrogen) atoms. The van der Waals surface area contributed by atoms with Gasteiger partial charge in [0.25, 0.3) is 0 Å². The molecule has 0 aliphatic carbocycles. The molecule has 0 bridgehead atoms. The molecule has 2 nitrogen and oxygen atoms in total. The van der Waals surface area contributed by atoms with Crippen molar-refractivity contribution in [1.82, 2.24) is 0 Å². The van der Waals surface area contributed by atoms with E-state index in [1.165, 1.54) is 6.34 Å². The lowest BCUT2D eigenvalue weighted by atomic mass is 10.2. The van der Waals surface area contributed by atoms with Crippen molar-refractivity contribution in [1.29, 1.82) is 0 Å². The van der Waals surface area contributed by atoms with Crippen molar-refractivity contribution < 1.29 is 0 Å². The molecule has 46 valence electrons. The van der Waals surface area contributed by atoms with E-state index < -0.39 is 0 Å². The number of aliphatic imine (C=N–C) groups is 2. The summed E-state index contributed by atoms with van der Waals surface area (Å²) in [4.78, 5) is 7.82. The highest BCUT2D eigenvalue weighted by Crippen LogP contribution is 2.17. The van der Waals surface area contributed by atoms with Crippen LogP contribution in [-0.2, 0) is 0 Å². The molecule has 0 saturated carbocycles. The minimum absolute atomic E-state index is 0.942. The average molecular weight is 129 g/mol. The monoisotopic (exact) mass is 129 g/mol. The largest absolute Gasteiger partial charge is 0.209 e. The van der Waals surface area contributed by atoms with E-state index in [1.54, 1.807) is 0 Å². The summed E-state index contributed by atoms with van der Waals surface area (Å²) in [5.41, 5.74) is 1.91. The summed E-state index contributed by atoms with van der Waals surface area (Å²) in [6.07, 6.45) is 4.34. The zero-order valence-corrected chi connectivity index (χ0v) is 5.28. The van der Waals surface area contributed by atoms with Crippen LogP contribution in [0.2, 0.25) is 0 Å². The first kappa shape index (κ1) is 5.27. The maximum atomic E-state index is 4.04. The van der Waals surface area contributed by atoms with Gasteiger partial charge in [0.2, 0.25) is 6.34 Å². The molecule has 0 amide bonds. The van der Waals surface area contributed by atoms with Gasteiger partial charge in [0.15, 0.2) is 11.3 Å². The molecule has 1 aliphatic rings. The summed E-state index contributed by atoms with van der Waals surface area (Å²) < 4.78 is 0. The quantitative estimate of drug-likeness (QED) is 0.476. The first-order valence-electron chi connectivity index (χ1n) is 3.04. The number of nitrogens with zero attached hydrogens (tertiary/aromatic N) is 2. The molecule has 1 heterocycles. The molecule has 0 spiro atoms. The zero-order valence-electron chi connectivity index (χ0n) is 5.28. The van der Waals surface area contributed by atoms with Gasteiger partial charge in [-0.3, -0.25) is 0 Å². The van der Waals surface area contributed by atoms with Gasteiger partial charge < -0.3 is 0 Å². The van der Waals surface area contributed by atoms with Gasteiger partial charge >= 0.3 is 0 Å². The first-order valence-corrected chi connectivity index (χ1v) is 3.04. The second-order valence-corrected chi connectivity index (χ2v) is 2.00. The van der Waals surface area contributed by atoms with Gasteiger partial charge in [-0.1, -0.05) is 4.99 Å². The Labute approximate surface area is 58.9 Å². The number of benzene rings is 1. The van der Waals surface area contributed by atoms with E-state index in [9.17, 15) is 0 Å². The molecule has 0 unspecified atom stereocenters. The van der Waals surface area contributed by atoms with Gasteiger partial charge in [-0.25, -0.2) is 0 Å². The molecule has 0 aromatic heterocycles. The Morgan fingerprint density at radius 3 is 3.00 bits per heavy atom. The molecule has 0 N–H and O–H groups in total. The molecular weight excluding hydrogens is 124 g/mol. The number of fused-ring (bicyclic) bond motifs is 1. The van der Waals surface area contributed by atoms with Crippen molar-refractivity contribution in [2.75, 3.05) is 0 Å². The fourth-order valence-corrected chi connectivity index (χ4v) is 0.870. The average Bonchev–Trinajstić information content (AvgIpc) is 2.05. The Morgan fingerprint density at radius 1 is 1.20 bits per heavy atom. The normalized spacial score (nSPS) is 12.4. The van der Waals surface area contributed by atoms with E-state index in [0.29, 0.717) is 0 Å². The summed E-state index contributed by atoms with van der Waals surface area (Å²) >= 11 is 0. The lowest BCUT2D eigenvalue weighted by molar-refractivity contribution is 1.47. The van der Waals surface area contributed by atoms with Gasteiger partial charge in [-0.2, -0.15) is 0 Å². The van der Waals surface area contributed by atoms with Crippen LogP contribution < -0.4 is 0 Å². The molecule has 0 atom stereocenters. The molecule has 1 aromatic carbocycles. The molecule has 2 heteroatoms. The van der Waals surface area contributed by atoms with E-state index >= 15 is 0 Å². The number of rotatable bonds is 0. The van der Waals surface area contributed by atoms with Crippen LogP contribution in [0.1, 0.15) is 5.56 Å². The molecule has 0 fully saturated rings. The third kappa shape index (κ3) is 0.714. The Bertz CT molecular complexity index is 269. The SMILES string of the molecule is [C+]1=NC=Nc2ccccc21. The van der Waals surface area contributed by atoms with Crippen LogP contribution in [-0.4, -0.2) is 12.6 Å². The van der Waals surface area contributed by atoms with Crippen LogP contribution in [0, 0.1) is 0 Å². The highest BCUT2D eigenvalue weighted by molar-refractivity contribution is 5.94. The van der Waals surface area contributed by atoms with Crippen molar-refractivity contribution in [2.45, 2.75) is 0 Å². The van der Waals surface area contributed by atoms with Crippen molar-refractivity contribution in [3.63, 3.8) is 0 Å². The van der Waals surface area contributed by atoms with Crippen LogP contribution in [0.4, 0.5) is 5.69 Å². The van der Waals surface area contributed by atoms with Crippen LogP contribution in [0.5, 0.6) is 0 Å². The predicted octanol–water partition coefficient (Wildman–Crippen LogP) is 1.66. The third-order valence-electron chi connectivity index (χ3n) is 1.34. The van der Waals surface area contributed by atoms with Gasteiger partial charge in [-0.05, 0) is 12.1 Å². The number of para-hydroxylation sites is 1. The Balaban J connectivity index is 2.65. The number of hydrogen-bond donors (Lipinski definition) is 0. The van der Waals surface area contributed by atoms with Crippen molar-refractivity contribution in [3.8, 4) is 0 Å². The van der Waals surface area contributed by atoms with E-state index in [0.717, 1.165) is 11.3 Å². The van der Waals surface area contributed by atoms with E-state index in [-0.39, 0.29) is 0 Å². The van der Waals surface area contributed by atoms with Crippen LogP contribution in [0.15, 0.2) is 34.3 Å². The lowest BCUT2D eigenvalue weighted by Gasteiger charge is -1.89. The number of hydrogen-bond acceptors (Lipinski definition) is 2. The van der Waals surface area contributed by atoms with Gasteiger partial charge in [0, 0.05) is 12.1 Å². The molecule has 1 aliphatic heterocycles. The maximum Gasteiger partial charge on any atom is 0.209 e. The molecule has 0 saturated heterocycles. The van der Waals surface area contributed by atoms with Crippen molar-refractivity contribution >= 4 is 18.2 Å².